The van der Waals surface area contributed by atoms with Crippen LogP contribution in [0, 0.1) is 0 Å². The van der Waals surface area contributed by atoms with Gasteiger partial charge >= 0.3 is 16.1 Å². The second-order valence-electron chi connectivity index (χ2n) is 8.22. The van der Waals surface area contributed by atoms with E-state index in [-0.39, 0.29) is 40.7 Å². The van der Waals surface area contributed by atoms with Crippen LogP contribution in [-0.2, 0) is 26.1 Å². The number of amides is 4. The van der Waals surface area contributed by atoms with Gasteiger partial charge in [-0.1, -0.05) is 35.9 Å². The Bertz CT molecular complexity index is 1580. The van der Waals surface area contributed by atoms with Crippen LogP contribution in [-0.4, -0.2) is 32.9 Å². The Hall–Kier alpha value is -4.41. The molecule has 3 aromatic carbocycles. The molecule has 1 fully saturated rings. The molecule has 3 aromatic rings. The van der Waals surface area contributed by atoms with E-state index in [0.29, 0.717) is 16.1 Å². The fraction of sp³-hybridized carbons (Fsp3) is 0.107. The Morgan fingerprint density at radius 1 is 1.03 bits per heavy atom. The van der Waals surface area contributed by atoms with E-state index in [0.717, 1.165) is 4.90 Å². The summed E-state index contributed by atoms with van der Waals surface area (Å²) in [6.45, 7) is 5.61. The molecule has 4 rings (SSSR count). The van der Waals surface area contributed by atoms with E-state index < -0.39 is 28.0 Å². The summed E-state index contributed by atoms with van der Waals surface area (Å²) < 4.78 is 37.1. The lowest BCUT2D eigenvalue weighted by molar-refractivity contribution is -0.122. The summed E-state index contributed by atoms with van der Waals surface area (Å²) in [6, 6.07) is 15.7. The van der Waals surface area contributed by atoms with E-state index in [1.165, 1.54) is 48.5 Å². The number of rotatable bonds is 9. The van der Waals surface area contributed by atoms with Crippen LogP contribution < -0.4 is 19.1 Å². The lowest BCUT2D eigenvalue weighted by atomic mass is 10.0. The fourth-order valence-corrected chi connectivity index (χ4v) is 4.95. The number of barbiturate groups is 1. The van der Waals surface area contributed by atoms with Gasteiger partial charge in [-0.25, -0.2) is 9.69 Å². The first-order chi connectivity index (χ1) is 18.6. The lowest BCUT2D eigenvalue weighted by Crippen LogP contribution is -2.54. The second kappa shape index (κ2) is 11.5. The largest absolute Gasteiger partial charge is 0.490 e. The minimum Gasteiger partial charge on any atom is -0.490 e. The zero-order valence-corrected chi connectivity index (χ0v) is 22.3. The van der Waals surface area contributed by atoms with E-state index in [2.05, 4.69) is 11.9 Å². The number of nitrogens with zero attached hydrogens (tertiary/aromatic N) is 1. The van der Waals surface area contributed by atoms with Crippen molar-refractivity contribution in [3.05, 3.63) is 101 Å². The quantitative estimate of drug-likeness (QED) is 0.169. The molecule has 0 atom stereocenters. The average molecular weight is 567 g/mol. The van der Waals surface area contributed by atoms with Gasteiger partial charge in [0.25, 0.3) is 11.8 Å². The van der Waals surface area contributed by atoms with E-state index in [4.69, 9.17) is 20.5 Å². The molecule has 4 amide bonds. The van der Waals surface area contributed by atoms with Gasteiger partial charge in [-0.15, -0.1) is 6.58 Å². The normalized spacial score (nSPS) is 14.8. The van der Waals surface area contributed by atoms with Crippen molar-refractivity contribution in [2.45, 2.75) is 18.2 Å². The van der Waals surface area contributed by atoms with Crippen molar-refractivity contribution in [1.29, 1.82) is 0 Å². The molecule has 0 aliphatic carbocycles. The summed E-state index contributed by atoms with van der Waals surface area (Å²) in [5, 5.41) is 2.57. The van der Waals surface area contributed by atoms with Crippen LogP contribution >= 0.6 is 11.6 Å². The molecule has 1 heterocycles. The first-order valence-electron chi connectivity index (χ1n) is 11.7. The molecule has 0 aromatic heterocycles. The van der Waals surface area contributed by atoms with Crippen LogP contribution in [0.25, 0.3) is 6.08 Å². The third kappa shape index (κ3) is 6.02. The summed E-state index contributed by atoms with van der Waals surface area (Å²) >= 11 is 5.91. The second-order valence-corrected chi connectivity index (χ2v) is 10.2. The predicted octanol–water partition coefficient (Wildman–Crippen LogP) is 4.90. The van der Waals surface area contributed by atoms with Gasteiger partial charge in [-0.2, -0.15) is 8.42 Å². The maximum Gasteiger partial charge on any atom is 0.339 e. The SMILES string of the molecule is C=CCc1cc(/C=C2\C(=O)NC(=O)N(c3ccc(Cl)cc3)C2=O)cc(OCC)c1OS(=O)(=O)c1ccccc1. The summed E-state index contributed by atoms with van der Waals surface area (Å²) in [7, 11) is -4.20. The number of ether oxygens (including phenoxy) is 1. The van der Waals surface area contributed by atoms with Gasteiger partial charge in [0.1, 0.15) is 10.5 Å². The molecule has 0 radical (unpaired) electrons. The highest BCUT2D eigenvalue weighted by Gasteiger charge is 2.37. The van der Waals surface area contributed by atoms with E-state index >= 15 is 0 Å². The highest BCUT2D eigenvalue weighted by atomic mass is 35.5. The fourth-order valence-electron chi connectivity index (χ4n) is 3.83. The molecule has 200 valence electrons. The van der Waals surface area contributed by atoms with Gasteiger partial charge in [0, 0.05) is 10.6 Å². The molecule has 0 unspecified atom stereocenters. The van der Waals surface area contributed by atoms with E-state index in [9.17, 15) is 22.8 Å². The summed E-state index contributed by atoms with van der Waals surface area (Å²) in [5.41, 5.74) is 0.625. The van der Waals surface area contributed by atoms with Gasteiger partial charge in [-0.3, -0.25) is 14.9 Å². The molecular weight excluding hydrogens is 544 g/mol. The molecule has 0 spiro atoms. The third-order valence-corrected chi connectivity index (χ3v) is 7.03. The number of imide groups is 2. The first-order valence-corrected chi connectivity index (χ1v) is 13.5. The maximum absolute atomic E-state index is 13.3. The van der Waals surface area contributed by atoms with Crippen LogP contribution in [0.5, 0.6) is 11.5 Å². The average Bonchev–Trinajstić information content (AvgIpc) is 2.90. The Morgan fingerprint density at radius 3 is 2.36 bits per heavy atom. The number of benzene rings is 3. The Balaban J connectivity index is 1.78. The number of hydrogen-bond donors (Lipinski definition) is 1. The van der Waals surface area contributed by atoms with Crippen LogP contribution in [0.3, 0.4) is 0 Å². The standard InChI is InChI=1S/C28H23ClN2O7S/c1-3-8-19-15-18(17-24(37-4-2)25(19)38-39(35,36)22-9-6-5-7-10-22)16-23-26(32)30-28(34)31(27(23)33)21-13-11-20(29)12-14-21/h3,5-7,9-17H,1,4,8H2,2H3,(H,30,32,34)/b23-16+. The third-order valence-electron chi connectivity index (χ3n) is 5.54. The number of halogens is 1. The van der Waals surface area contributed by atoms with Gasteiger partial charge in [0.2, 0.25) is 0 Å². The molecule has 9 nitrogen and oxygen atoms in total. The van der Waals surface area contributed by atoms with Crippen molar-refractivity contribution in [2.75, 3.05) is 11.5 Å². The molecule has 1 saturated heterocycles. The zero-order valence-electron chi connectivity index (χ0n) is 20.7. The Morgan fingerprint density at radius 2 is 1.72 bits per heavy atom. The summed E-state index contributed by atoms with van der Waals surface area (Å²) in [6.07, 6.45) is 3.02. The van der Waals surface area contributed by atoms with Crippen molar-refractivity contribution < 1.29 is 31.7 Å². The monoisotopic (exact) mass is 566 g/mol. The molecule has 1 N–H and O–H groups in total. The van der Waals surface area contributed by atoms with Gasteiger partial charge < -0.3 is 8.92 Å². The number of nitrogens with one attached hydrogen (secondary N) is 1. The molecular formula is C28H23ClN2O7S. The molecule has 1 aliphatic rings. The molecule has 1 aliphatic heterocycles. The summed E-state index contributed by atoms with van der Waals surface area (Å²) in [4.78, 5) is 39.2. The Kier molecular flexibility index (Phi) is 8.18. The summed E-state index contributed by atoms with van der Waals surface area (Å²) in [5.74, 6) is -1.69. The molecule has 0 saturated carbocycles. The minimum atomic E-state index is -4.20. The molecule has 0 bridgehead atoms. The lowest BCUT2D eigenvalue weighted by Gasteiger charge is -2.26. The van der Waals surface area contributed by atoms with Crippen LogP contribution in [0.1, 0.15) is 18.1 Å². The van der Waals surface area contributed by atoms with Crippen LogP contribution in [0.15, 0.2) is 89.9 Å². The number of carbonyl (C=O) groups is 3. The van der Waals surface area contributed by atoms with E-state index in [1.54, 1.807) is 37.3 Å². The molecule has 39 heavy (non-hydrogen) atoms. The predicted molar refractivity (Wildman–Crippen MR) is 146 cm³/mol. The molecule has 11 heteroatoms. The number of anilines is 1. The number of hydrogen-bond acceptors (Lipinski definition) is 7. The van der Waals surface area contributed by atoms with Gasteiger partial charge in [-0.05, 0) is 73.5 Å². The van der Waals surface area contributed by atoms with Crippen molar-refractivity contribution in [3.8, 4) is 11.5 Å². The van der Waals surface area contributed by atoms with Crippen LogP contribution in [0.2, 0.25) is 5.02 Å². The minimum absolute atomic E-state index is 0.0415. The smallest absolute Gasteiger partial charge is 0.339 e. The number of urea groups is 1. The van der Waals surface area contributed by atoms with Gasteiger partial charge in [0.05, 0.1) is 12.3 Å². The first kappa shape index (κ1) is 27.6. The Labute approximate surface area is 230 Å². The topological polar surface area (TPSA) is 119 Å². The highest BCUT2D eigenvalue weighted by Crippen LogP contribution is 2.37. The maximum atomic E-state index is 13.3. The van der Waals surface area contributed by atoms with E-state index in [1.807, 2.05) is 0 Å². The van der Waals surface area contributed by atoms with Crippen LogP contribution in [0.4, 0.5) is 10.5 Å². The highest BCUT2D eigenvalue weighted by molar-refractivity contribution is 7.87. The number of carbonyl (C=O) groups excluding carboxylic acids is 3. The van der Waals surface area contributed by atoms with Crippen molar-refractivity contribution >= 4 is 51.3 Å². The zero-order chi connectivity index (χ0) is 28.2. The van der Waals surface area contributed by atoms with Crippen molar-refractivity contribution in [2.24, 2.45) is 0 Å². The van der Waals surface area contributed by atoms with Crippen molar-refractivity contribution in [1.82, 2.24) is 5.32 Å². The van der Waals surface area contributed by atoms with Gasteiger partial charge in [0.15, 0.2) is 11.5 Å². The number of allylic oxidation sites excluding steroid dienone is 1. The van der Waals surface area contributed by atoms with Crippen molar-refractivity contribution in [3.63, 3.8) is 0 Å².